The van der Waals surface area contributed by atoms with Crippen LogP contribution in [-0.2, 0) is 4.79 Å². The van der Waals surface area contributed by atoms with Crippen molar-refractivity contribution in [3.63, 3.8) is 0 Å². The quantitative estimate of drug-likeness (QED) is 0.606. The van der Waals surface area contributed by atoms with Crippen molar-refractivity contribution >= 4 is 40.5 Å². The summed E-state index contributed by atoms with van der Waals surface area (Å²) in [6.07, 6.45) is 1.73. The highest BCUT2D eigenvalue weighted by Gasteiger charge is 2.41. The Morgan fingerprint density at radius 1 is 1.10 bits per heavy atom. The molecule has 150 valence electrons. The van der Waals surface area contributed by atoms with Crippen LogP contribution in [0.15, 0.2) is 59.7 Å². The molecular formula is C22H18ClN5O2. The Balaban J connectivity index is 1.48. The van der Waals surface area contributed by atoms with Crippen LogP contribution in [0.4, 0.5) is 11.5 Å². The SMILES string of the molecule is O=C(Nc1cccc(C2c3cn[nH]c3N=C3CNCC(=O)C32)c1)c1ccc(Cl)cc1. The molecule has 3 N–H and O–H groups in total. The fourth-order valence-electron chi connectivity index (χ4n) is 4.12. The summed E-state index contributed by atoms with van der Waals surface area (Å²) in [5.41, 5.74) is 3.80. The first-order chi connectivity index (χ1) is 14.6. The molecule has 0 bridgehead atoms. The lowest BCUT2D eigenvalue weighted by molar-refractivity contribution is -0.120. The number of piperidine rings is 1. The van der Waals surface area contributed by atoms with Crippen LogP contribution in [0.5, 0.6) is 0 Å². The van der Waals surface area contributed by atoms with Gasteiger partial charge in [-0.2, -0.15) is 5.10 Å². The molecule has 30 heavy (non-hydrogen) atoms. The largest absolute Gasteiger partial charge is 0.322 e. The summed E-state index contributed by atoms with van der Waals surface area (Å²) in [4.78, 5) is 30.0. The molecule has 2 unspecified atom stereocenters. The molecular weight excluding hydrogens is 402 g/mol. The van der Waals surface area contributed by atoms with E-state index in [4.69, 9.17) is 11.6 Å². The van der Waals surface area contributed by atoms with Gasteiger partial charge < -0.3 is 10.6 Å². The van der Waals surface area contributed by atoms with Gasteiger partial charge in [-0.3, -0.25) is 14.7 Å². The smallest absolute Gasteiger partial charge is 0.255 e. The molecule has 7 nitrogen and oxygen atoms in total. The standard InChI is InChI=1S/C22H18ClN5O2/c23-14-6-4-12(5-7-14)22(30)26-15-3-1-2-13(8-15)19-16-9-25-28-21(16)27-17-10-24-11-18(29)20(17)19/h1-9,19-20,24H,10-11H2,(H,25,28)(H,26,30). The first kappa shape index (κ1) is 18.7. The Bertz CT molecular complexity index is 1170. The number of nitrogens with zero attached hydrogens (tertiary/aromatic N) is 2. The number of carbonyl (C=O) groups excluding carboxylic acids is 2. The van der Waals surface area contributed by atoms with Crippen LogP contribution in [0.2, 0.25) is 5.02 Å². The van der Waals surface area contributed by atoms with Crippen molar-refractivity contribution in [2.75, 3.05) is 18.4 Å². The lowest BCUT2D eigenvalue weighted by atomic mass is 9.74. The third-order valence-electron chi connectivity index (χ3n) is 5.49. The van der Waals surface area contributed by atoms with Crippen molar-refractivity contribution in [3.8, 4) is 0 Å². The topological polar surface area (TPSA) is 99.2 Å². The molecule has 3 heterocycles. The van der Waals surface area contributed by atoms with Gasteiger partial charge in [-0.05, 0) is 42.0 Å². The van der Waals surface area contributed by atoms with Crippen molar-refractivity contribution in [3.05, 3.63) is 76.4 Å². The highest BCUT2D eigenvalue weighted by atomic mass is 35.5. The van der Waals surface area contributed by atoms with Gasteiger partial charge in [0, 0.05) is 40.0 Å². The zero-order valence-electron chi connectivity index (χ0n) is 15.9. The lowest BCUT2D eigenvalue weighted by Gasteiger charge is -2.34. The molecule has 8 heteroatoms. The second-order valence-corrected chi connectivity index (χ2v) is 7.83. The molecule has 2 aliphatic heterocycles. The molecule has 0 saturated carbocycles. The maximum atomic E-state index is 12.8. The van der Waals surface area contributed by atoms with E-state index < -0.39 is 0 Å². The van der Waals surface area contributed by atoms with Gasteiger partial charge in [-0.1, -0.05) is 23.7 Å². The molecule has 3 aromatic rings. The maximum absolute atomic E-state index is 12.8. The highest BCUT2D eigenvalue weighted by molar-refractivity contribution is 6.30. The Morgan fingerprint density at radius 3 is 2.77 bits per heavy atom. The lowest BCUT2D eigenvalue weighted by Crippen LogP contribution is -2.48. The summed E-state index contributed by atoms with van der Waals surface area (Å²) in [7, 11) is 0. The first-order valence-electron chi connectivity index (χ1n) is 9.61. The molecule has 2 atom stereocenters. The van der Waals surface area contributed by atoms with E-state index in [9.17, 15) is 9.59 Å². The van der Waals surface area contributed by atoms with Gasteiger partial charge in [0.1, 0.15) is 0 Å². The van der Waals surface area contributed by atoms with E-state index in [1.165, 1.54) is 0 Å². The first-order valence-corrected chi connectivity index (χ1v) is 9.99. The summed E-state index contributed by atoms with van der Waals surface area (Å²) in [6.45, 7) is 0.888. The third kappa shape index (κ3) is 3.32. The van der Waals surface area contributed by atoms with E-state index in [0.29, 0.717) is 35.2 Å². The predicted octanol–water partition coefficient (Wildman–Crippen LogP) is 3.32. The normalized spacial score (nSPS) is 20.2. The number of aromatic amines is 1. The number of amides is 1. The van der Waals surface area contributed by atoms with Crippen molar-refractivity contribution in [2.24, 2.45) is 10.9 Å². The number of nitrogens with one attached hydrogen (secondary N) is 3. The Labute approximate surface area is 177 Å². The van der Waals surface area contributed by atoms with Crippen molar-refractivity contribution in [2.45, 2.75) is 5.92 Å². The van der Waals surface area contributed by atoms with Gasteiger partial charge in [-0.15, -0.1) is 0 Å². The van der Waals surface area contributed by atoms with Crippen molar-refractivity contribution < 1.29 is 9.59 Å². The van der Waals surface area contributed by atoms with Gasteiger partial charge in [0.05, 0.1) is 18.7 Å². The summed E-state index contributed by atoms with van der Waals surface area (Å²) in [5.74, 6) is 0.0225. The molecule has 2 aliphatic rings. The number of aliphatic imine (C=N–C) groups is 1. The number of Topliss-reactive ketones (excluding diaryl/α,β-unsaturated/α-hetero) is 1. The fraction of sp³-hybridized carbons (Fsp3) is 0.182. The predicted molar refractivity (Wildman–Crippen MR) is 115 cm³/mol. The zero-order valence-corrected chi connectivity index (χ0v) is 16.6. The Morgan fingerprint density at radius 2 is 1.93 bits per heavy atom. The fourth-order valence-corrected chi connectivity index (χ4v) is 4.25. The average molecular weight is 420 g/mol. The molecule has 0 radical (unpaired) electrons. The average Bonchev–Trinajstić information content (AvgIpc) is 3.21. The van der Waals surface area contributed by atoms with Crippen LogP contribution in [0.3, 0.4) is 0 Å². The van der Waals surface area contributed by atoms with Gasteiger partial charge in [0.2, 0.25) is 0 Å². The molecule has 1 saturated heterocycles. The van der Waals surface area contributed by atoms with E-state index in [-0.39, 0.29) is 23.5 Å². The minimum absolute atomic E-state index is 0.104. The number of hydrogen-bond acceptors (Lipinski definition) is 5. The number of H-pyrrole nitrogens is 1. The summed E-state index contributed by atoms with van der Waals surface area (Å²) >= 11 is 5.90. The number of halogens is 1. The van der Waals surface area contributed by atoms with Crippen LogP contribution in [-0.4, -0.2) is 40.7 Å². The minimum Gasteiger partial charge on any atom is -0.322 e. The van der Waals surface area contributed by atoms with Gasteiger partial charge in [-0.25, -0.2) is 4.99 Å². The molecule has 0 aliphatic carbocycles. The number of hydrogen-bond donors (Lipinski definition) is 3. The third-order valence-corrected chi connectivity index (χ3v) is 5.74. The van der Waals surface area contributed by atoms with E-state index in [2.05, 4.69) is 25.8 Å². The molecule has 1 fully saturated rings. The summed E-state index contributed by atoms with van der Waals surface area (Å²) in [6, 6.07) is 14.3. The van der Waals surface area contributed by atoms with Crippen LogP contribution < -0.4 is 10.6 Å². The number of rotatable bonds is 3. The van der Waals surface area contributed by atoms with E-state index in [1.54, 1.807) is 30.5 Å². The molecule has 1 aromatic heterocycles. The van der Waals surface area contributed by atoms with Crippen molar-refractivity contribution in [1.82, 2.24) is 15.5 Å². The van der Waals surface area contributed by atoms with Crippen LogP contribution >= 0.6 is 11.6 Å². The number of benzene rings is 2. The van der Waals surface area contributed by atoms with E-state index in [1.807, 2.05) is 24.3 Å². The number of fused-ring (bicyclic) bond motifs is 2. The van der Waals surface area contributed by atoms with E-state index in [0.717, 1.165) is 16.8 Å². The van der Waals surface area contributed by atoms with Crippen molar-refractivity contribution in [1.29, 1.82) is 0 Å². The van der Waals surface area contributed by atoms with Gasteiger partial charge in [0.15, 0.2) is 11.6 Å². The van der Waals surface area contributed by atoms with Gasteiger partial charge in [0.25, 0.3) is 5.91 Å². The number of aromatic nitrogens is 2. The second-order valence-electron chi connectivity index (χ2n) is 7.39. The van der Waals surface area contributed by atoms with E-state index >= 15 is 0 Å². The molecule has 1 amide bonds. The highest BCUT2D eigenvalue weighted by Crippen LogP contribution is 2.42. The number of ketones is 1. The summed E-state index contributed by atoms with van der Waals surface area (Å²) in [5, 5.41) is 13.7. The van der Waals surface area contributed by atoms with Gasteiger partial charge >= 0.3 is 0 Å². The molecule has 2 aromatic carbocycles. The second kappa shape index (κ2) is 7.51. The van der Waals surface area contributed by atoms with Crippen LogP contribution in [0.1, 0.15) is 27.4 Å². The number of anilines is 1. The Hall–Kier alpha value is -3.29. The Kier molecular flexibility index (Phi) is 4.69. The number of carbonyl (C=O) groups is 2. The molecule has 5 rings (SSSR count). The van der Waals surface area contributed by atoms with Crippen LogP contribution in [0, 0.1) is 5.92 Å². The monoisotopic (exact) mass is 419 g/mol. The minimum atomic E-state index is -0.335. The molecule has 0 spiro atoms. The summed E-state index contributed by atoms with van der Waals surface area (Å²) < 4.78 is 0. The maximum Gasteiger partial charge on any atom is 0.255 e. The van der Waals surface area contributed by atoms with Crippen LogP contribution in [0.25, 0.3) is 0 Å². The zero-order chi connectivity index (χ0) is 20.7.